The molecule has 7 heteroatoms. The maximum Gasteiger partial charge on any atom is 0.322 e. The lowest BCUT2D eigenvalue weighted by atomic mass is 10.1. The maximum absolute atomic E-state index is 12.9. The van der Waals surface area contributed by atoms with Gasteiger partial charge < -0.3 is 15.5 Å². The van der Waals surface area contributed by atoms with Crippen LogP contribution in [0.3, 0.4) is 0 Å². The SMILES string of the molecule is O=C(Nc1ccc(F)cn1)c1ccc(NC(=O)N2Cc3ccccc3C2)cc1. The average Bonchev–Trinajstić information content (AvgIpc) is 3.15. The van der Waals surface area contributed by atoms with E-state index < -0.39 is 5.82 Å². The fraction of sp³-hybridized carbons (Fsp3) is 0.0952. The van der Waals surface area contributed by atoms with Crippen LogP contribution in [0, 0.1) is 5.82 Å². The Bertz CT molecular complexity index is 994. The van der Waals surface area contributed by atoms with Crippen LogP contribution in [0.2, 0.25) is 0 Å². The molecule has 1 aromatic heterocycles. The quantitative estimate of drug-likeness (QED) is 0.725. The van der Waals surface area contributed by atoms with Crippen LogP contribution in [0.1, 0.15) is 21.5 Å². The molecule has 1 aliphatic rings. The van der Waals surface area contributed by atoms with E-state index in [0.29, 0.717) is 24.3 Å². The molecule has 2 aromatic carbocycles. The number of anilines is 2. The number of urea groups is 1. The van der Waals surface area contributed by atoms with Gasteiger partial charge in [0, 0.05) is 24.3 Å². The number of amides is 3. The molecule has 0 atom stereocenters. The number of rotatable bonds is 3. The highest BCUT2D eigenvalue weighted by molar-refractivity contribution is 6.04. The fourth-order valence-corrected chi connectivity index (χ4v) is 3.02. The molecule has 28 heavy (non-hydrogen) atoms. The van der Waals surface area contributed by atoms with Crippen molar-refractivity contribution in [2.75, 3.05) is 10.6 Å². The fourth-order valence-electron chi connectivity index (χ4n) is 3.02. The van der Waals surface area contributed by atoms with Crippen LogP contribution >= 0.6 is 0 Å². The minimum Gasteiger partial charge on any atom is -0.316 e. The Kier molecular flexibility index (Phi) is 4.72. The van der Waals surface area contributed by atoms with E-state index in [1.54, 1.807) is 29.2 Å². The van der Waals surface area contributed by atoms with Gasteiger partial charge in [-0.3, -0.25) is 4.79 Å². The summed E-state index contributed by atoms with van der Waals surface area (Å²) >= 11 is 0. The molecule has 6 nitrogen and oxygen atoms in total. The van der Waals surface area contributed by atoms with Gasteiger partial charge in [-0.25, -0.2) is 14.2 Å². The van der Waals surface area contributed by atoms with Gasteiger partial charge in [0.1, 0.15) is 11.6 Å². The number of benzene rings is 2. The number of hydrogen-bond donors (Lipinski definition) is 2. The second-order valence-electron chi connectivity index (χ2n) is 6.45. The summed E-state index contributed by atoms with van der Waals surface area (Å²) in [6.45, 7) is 1.15. The first-order valence-corrected chi connectivity index (χ1v) is 8.74. The topological polar surface area (TPSA) is 74.3 Å². The molecule has 2 heterocycles. The van der Waals surface area contributed by atoms with E-state index in [9.17, 15) is 14.0 Å². The number of carbonyl (C=O) groups excluding carboxylic acids is 2. The lowest BCUT2D eigenvalue weighted by Gasteiger charge is -2.16. The molecule has 4 rings (SSSR count). The van der Waals surface area contributed by atoms with Crippen molar-refractivity contribution in [3.63, 3.8) is 0 Å². The molecule has 3 amide bonds. The van der Waals surface area contributed by atoms with E-state index >= 15 is 0 Å². The molecule has 0 unspecified atom stereocenters. The van der Waals surface area contributed by atoms with Crippen molar-refractivity contribution in [2.45, 2.75) is 13.1 Å². The lowest BCUT2D eigenvalue weighted by Crippen LogP contribution is -2.30. The molecule has 0 saturated carbocycles. The zero-order valence-electron chi connectivity index (χ0n) is 14.9. The minimum absolute atomic E-state index is 0.191. The first-order chi connectivity index (χ1) is 13.6. The summed E-state index contributed by atoms with van der Waals surface area (Å²) < 4.78 is 12.9. The molecule has 0 saturated heterocycles. The van der Waals surface area contributed by atoms with Gasteiger partial charge in [0.15, 0.2) is 0 Å². The van der Waals surface area contributed by atoms with Gasteiger partial charge in [-0.15, -0.1) is 0 Å². The largest absolute Gasteiger partial charge is 0.322 e. The van der Waals surface area contributed by atoms with Gasteiger partial charge in [-0.1, -0.05) is 24.3 Å². The highest BCUT2D eigenvalue weighted by atomic mass is 19.1. The Labute approximate surface area is 161 Å². The molecule has 0 radical (unpaired) electrons. The summed E-state index contributed by atoms with van der Waals surface area (Å²) in [6, 6.07) is 16.9. The van der Waals surface area contributed by atoms with Crippen LogP contribution in [-0.4, -0.2) is 21.8 Å². The van der Waals surface area contributed by atoms with Gasteiger partial charge in [-0.2, -0.15) is 0 Å². The molecular weight excluding hydrogens is 359 g/mol. The van der Waals surface area contributed by atoms with Crippen molar-refractivity contribution in [2.24, 2.45) is 0 Å². The second-order valence-corrected chi connectivity index (χ2v) is 6.45. The van der Waals surface area contributed by atoms with Crippen LogP contribution < -0.4 is 10.6 Å². The molecule has 0 spiro atoms. The number of nitrogens with zero attached hydrogens (tertiary/aromatic N) is 2. The summed E-state index contributed by atoms with van der Waals surface area (Å²) in [5, 5.41) is 5.43. The van der Waals surface area contributed by atoms with E-state index in [1.165, 1.54) is 12.1 Å². The Morgan fingerprint density at radius 2 is 1.57 bits per heavy atom. The first-order valence-electron chi connectivity index (χ1n) is 8.74. The number of fused-ring (bicyclic) bond motifs is 1. The van der Waals surface area contributed by atoms with Crippen LogP contribution in [0.5, 0.6) is 0 Å². The molecule has 0 bridgehead atoms. The summed E-state index contributed by atoms with van der Waals surface area (Å²) in [6.07, 6.45) is 1.03. The zero-order valence-corrected chi connectivity index (χ0v) is 14.9. The third-order valence-electron chi connectivity index (χ3n) is 4.50. The Morgan fingerprint density at radius 1 is 0.893 bits per heavy atom. The lowest BCUT2D eigenvalue weighted by molar-refractivity contribution is 0.102. The van der Waals surface area contributed by atoms with Crippen molar-refractivity contribution in [1.29, 1.82) is 0 Å². The molecular formula is C21H17FN4O2. The van der Waals surface area contributed by atoms with E-state index in [1.807, 2.05) is 24.3 Å². The third-order valence-corrected chi connectivity index (χ3v) is 4.50. The summed E-state index contributed by atoms with van der Waals surface area (Å²) in [7, 11) is 0. The van der Waals surface area contributed by atoms with E-state index in [4.69, 9.17) is 0 Å². The maximum atomic E-state index is 12.9. The normalized spacial score (nSPS) is 12.4. The summed E-state index contributed by atoms with van der Waals surface area (Å²) in [4.78, 5) is 30.2. The van der Waals surface area contributed by atoms with Gasteiger partial charge >= 0.3 is 6.03 Å². The van der Waals surface area contributed by atoms with E-state index in [-0.39, 0.29) is 17.8 Å². The molecule has 1 aliphatic heterocycles. The van der Waals surface area contributed by atoms with Crippen LogP contribution in [-0.2, 0) is 13.1 Å². The number of aromatic nitrogens is 1. The van der Waals surface area contributed by atoms with E-state index in [2.05, 4.69) is 15.6 Å². The Balaban J connectivity index is 1.36. The molecule has 0 fully saturated rings. The van der Waals surface area contributed by atoms with Gasteiger partial charge in [0.25, 0.3) is 5.91 Å². The number of carbonyl (C=O) groups is 2. The highest BCUT2D eigenvalue weighted by Crippen LogP contribution is 2.23. The first kappa shape index (κ1) is 17.7. The van der Waals surface area contributed by atoms with E-state index in [0.717, 1.165) is 17.3 Å². The predicted octanol–water partition coefficient (Wildman–Crippen LogP) is 4.02. The van der Waals surface area contributed by atoms with Crippen molar-refractivity contribution in [3.8, 4) is 0 Å². The molecule has 140 valence electrons. The van der Waals surface area contributed by atoms with Gasteiger partial charge in [0.05, 0.1) is 6.20 Å². The van der Waals surface area contributed by atoms with Gasteiger partial charge in [-0.05, 0) is 47.5 Å². The van der Waals surface area contributed by atoms with Crippen molar-refractivity contribution >= 4 is 23.4 Å². The molecule has 2 N–H and O–H groups in total. The standard InChI is InChI=1S/C21H17FN4O2/c22-17-7-10-19(23-11-17)25-20(27)14-5-8-18(9-6-14)24-21(28)26-12-15-3-1-2-4-16(15)13-26/h1-11H,12-13H2,(H,24,28)(H,23,25,27). The number of hydrogen-bond acceptors (Lipinski definition) is 3. The zero-order chi connectivity index (χ0) is 19.5. The predicted molar refractivity (Wildman–Crippen MR) is 103 cm³/mol. The monoisotopic (exact) mass is 376 g/mol. The average molecular weight is 376 g/mol. The smallest absolute Gasteiger partial charge is 0.316 e. The van der Waals surface area contributed by atoms with Crippen molar-refractivity contribution in [1.82, 2.24) is 9.88 Å². The number of halogens is 1. The van der Waals surface area contributed by atoms with Gasteiger partial charge in [0.2, 0.25) is 0 Å². The second kappa shape index (κ2) is 7.48. The molecule has 3 aromatic rings. The highest BCUT2D eigenvalue weighted by Gasteiger charge is 2.22. The van der Waals surface area contributed by atoms with Crippen molar-refractivity contribution < 1.29 is 14.0 Å². The third kappa shape index (κ3) is 3.83. The summed E-state index contributed by atoms with van der Waals surface area (Å²) in [5.41, 5.74) is 3.30. The van der Waals surface area contributed by atoms with Crippen LogP contribution in [0.25, 0.3) is 0 Å². The number of pyridine rings is 1. The Morgan fingerprint density at radius 3 is 2.18 bits per heavy atom. The van der Waals surface area contributed by atoms with Crippen molar-refractivity contribution in [3.05, 3.63) is 89.4 Å². The number of nitrogens with one attached hydrogen (secondary N) is 2. The molecule has 0 aliphatic carbocycles. The Hall–Kier alpha value is -3.74. The summed E-state index contributed by atoms with van der Waals surface area (Å²) in [5.74, 6) is -0.580. The van der Waals surface area contributed by atoms with Crippen LogP contribution in [0.4, 0.5) is 20.7 Å². The minimum atomic E-state index is -0.473. The van der Waals surface area contributed by atoms with Crippen LogP contribution in [0.15, 0.2) is 66.9 Å².